The number of nitrogens with two attached hydrogens (primary N) is 1. The Hall–Kier alpha value is -2.32. The number of fused-ring (bicyclic) bond motifs is 3. The van der Waals surface area contributed by atoms with Gasteiger partial charge in [0, 0.05) is 18.0 Å². The highest BCUT2D eigenvalue weighted by atomic mass is 16.5. The molecule has 2 atom stereocenters. The van der Waals surface area contributed by atoms with Crippen molar-refractivity contribution >= 4 is 11.5 Å². The van der Waals surface area contributed by atoms with E-state index >= 15 is 0 Å². The fourth-order valence-corrected chi connectivity index (χ4v) is 3.43. The number of allylic oxidation sites excluding steroid dienone is 4. The summed E-state index contributed by atoms with van der Waals surface area (Å²) in [6.07, 6.45) is 10.1. The van der Waals surface area contributed by atoms with Gasteiger partial charge in [0.1, 0.15) is 6.10 Å². The summed E-state index contributed by atoms with van der Waals surface area (Å²) >= 11 is 0. The van der Waals surface area contributed by atoms with Gasteiger partial charge in [-0.15, -0.1) is 0 Å². The van der Waals surface area contributed by atoms with Crippen LogP contribution in [0.2, 0.25) is 0 Å². The Balaban J connectivity index is 1.78. The zero-order valence-electron chi connectivity index (χ0n) is 13.0. The summed E-state index contributed by atoms with van der Waals surface area (Å²) in [5.41, 5.74) is 9.11. The first-order valence-corrected chi connectivity index (χ1v) is 8.23. The molecule has 0 bridgehead atoms. The van der Waals surface area contributed by atoms with Crippen molar-refractivity contribution in [1.82, 2.24) is 15.3 Å². The van der Waals surface area contributed by atoms with E-state index in [1.165, 1.54) is 0 Å². The van der Waals surface area contributed by atoms with Crippen LogP contribution in [0.3, 0.4) is 0 Å². The SMILES string of the molecule is Nc1nc(O[C@@H]2CCNC2)c2c(n1)C1=CC=CC#CC1CCC2. The molecule has 1 aromatic rings. The zero-order chi connectivity index (χ0) is 15.6. The first-order valence-electron chi connectivity index (χ1n) is 8.23. The maximum atomic E-state index is 6.15. The molecule has 0 saturated carbocycles. The molecule has 1 saturated heterocycles. The Labute approximate surface area is 136 Å². The van der Waals surface area contributed by atoms with Crippen LogP contribution in [-0.4, -0.2) is 29.2 Å². The number of hydrogen-bond donors (Lipinski definition) is 2. The monoisotopic (exact) mass is 308 g/mol. The van der Waals surface area contributed by atoms with E-state index in [1.807, 2.05) is 12.2 Å². The number of nitrogens with one attached hydrogen (secondary N) is 1. The van der Waals surface area contributed by atoms with E-state index in [1.54, 1.807) is 0 Å². The lowest BCUT2D eigenvalue weighted by molar-refractivity contribution is 0.211. The van der Waals surface area contributed by atoms with Crippen LogP contribution in [-0.2, 0) is 6.42 Å². The number of rotatable bonds is 2. The van der Waals surface area contributed by atoms with Crippen molar-refractivity contribution < 1.29 is 4.74 Å². The van der Waals surface area contributed by atoms with Gasteiger partial charge >= 0.3 is 0 Å². The standard InChI is InChI=1S/C18H20N4O/c19-18-21-16-14-7-3-1-2-5-12(14)6-4-8-15(16)17(22-18)23-13-9-10-20-11-13/h1,3,7,12-13,20H,4,6,8-11H2,(H2,19,21,22)/t12?,13-/m1/s1. The molecule has 3 N–H and O–H groups in total. The number of nitrogen functional groups attached to an aromatic ring is 1. The van der Waals surface area contributed by atoms with Crippen LogP contribution in [0.1, 0.15) is 30.5 Å². The summed E-state index contributed by atoms with van der Waals surface area (Å²) < 4.78 is 6.15. The molecule has 3 aliphatic rings. The second-order valence-corrected chi connectivity index (χ2v) is 6.16. The number of nitrogens with zero attached hydrogens (tertiary/aromatic N) is 2. The van der Waals surface area contributed by atoms with Gasteiger partial charge in [-0.2, -0.15) is 4.98 Å². The molecule has 1 fully saturated rings. The lowest BCUT2D eigenvalue weighted by Gasteiger charge is -2.18. The molecule has 0 amide bonds. The topological polar surface area (TPSA) is 73.1 Å². The smallest absolute Gasteiger partial charge is 0.223 e. The summed E-state index contributed by atoms with van der Waals surface area (Å²) in [4.78, 5) is 8.92. The van der Waals surface area contributed by atoms with E-state index in [0.29, 0.717) is 5.88 Å². The van der Waals surface area contributed by atoms with Gasteiger partial charge in [-0.1, -0.05) is 24.0 Å². The predicted octanol–water partition coefficient (Wildman–Crippen LogP) is 1.71. The molecule has 5 heteroatoms. The Morgan fingerprint density at radius 3 is 3.13 bits per heavy atom. The van der Waals surface area contributed by atoms with Crippen molar-refractivity contribution in [3.63, 3.8) is 0 Å². The molecular formula is C18H20N4O. The van der Waals surface area contributed by atoms with Gasteiger partial charge in [-0.05, 0) is 43.9 Å². The van der Waals surface area contributed by atoms with Crippen LogP contribution in [0, 0.1) is 17.8 Å². The molecular weight excluding hydrogens is 288 g/mol. The maximum absolute atomic E-state index is 6.15. The van der Waals surface area contributed by atoms with E-state index in [-0.39, 0.29) is 18.0 Å². The van der Waals surface area contributed by atoms with Gasteiger partial charge in [-0.3, -0.25) is 0 Å². The number of ether oxygens (including phenoxy) is 1. The normalized spacial score (nSPS) is 25.3. The van der Waals surface area contributed by atoms with Crippen molar-refractivity contribution in [1.29, 1.82) is 0 Å². The molecule has 1 unspecified atom stereocenters. The van der Waals surface area contributed by atoms with Gasteiger partial charge in [0.25, 0.3) is 0 Å². The van der Waals surface area contributed by atoms with Crippen molar-refractivity contribution in [2.24, 2.45) is 5.92 Å². The number of aromatic nitrogens is 2. The fourth-order valence-electron chi connectivity index (χ4n) is 3.43. The Morgan fingerprint density at radius 2 is 2.26 bits per heavy atom. The lowest BCUT2D eigenvalue weighted by Crippen LogP contribution is -2.21. The zero-order valence-corrected chi connectivity index (χ0v) is 13.0. The molecule has 0 aromatic carbocycles. The Morgan fingerprint density at radius 1 is 1.30 bits per heavy atom. The highest BCUT2D eigenvalue weighted by molar-refractivity contribution is 5.74. The summed E-state index contributed by atoms with van der Waals surface area (Å²) in [5.74, 6) is 7.55. The molecule has 1 aromatic heterocycles. The highest BCUT2D eigenvalue weighted by Gasteiger charge is 2.27. The minimum absolute atomic E-state index is 0.162. The van der Waals surface area contributed by atoms with Crippen LogP contribution in [0.15, 0.2) is 18.2 Å². The van der Waals surface area contributed by atoms with Crippen LogP contribution in [0.5, 0.6) is 5.88 Å². The van der Waals surface area contributed by atoms with E-state index in [9.17, 15) is 0 Å². The summed E-state index contributed by atoms with van der Waals surface area (Å²) in [5, 5.41) is 3.31. The molecule has 23 heavy (non-hydrogen) atoms. The van der Waals surface area contributed by atoms with Gasteiger partial charge in [0.15, 0.2) is 0 Å². The summed E-state index contributed by atoms with van der Waals surface area (Å²) in [7, 11) is 0. The van der Waals surface area contributed by atoms with Gasteiger partial charge in [-0.25, -0.2) is 4.98 Å². The summed E-state index contributed by atoms with van der Waals surface area (Å²) in [6.45, 7) is 1.85. The van der Waals surface area contributed by atoms with Crippen LogP contribution in [0.4, 0.5) is 5.95 Å². The van der Waals surface area contributed by atoms with Gasteiger partial charge in [0.05, 0.1) is 5.69 Å². The van der Waals surface area contributed by atoms with Crippen molar-refractivity contribution in [3.05, 3.63) is 29.5 Å². The second kappa shape index (κ2) is 6.05. The Bertz CT molecular complexity index is 735. The Kier molecular flexibility index (Phi) is 3.76. The summed E-state index contributed by atoms with van der Waals surface area (Å²) in [6, 6.07) is 0. The van der Waals surface area contributed by atoms with Crippen molar-refractivity contribution in [2.45, 2.75) is 31.8 Å². The predicted molar refractivity (Wildman–Crippen MR) is 89.7 cm³/mol. The largest absolute Gasteiger partial charge is 0.473 e. The van der Waals surface area contributed by atoms with E-state index in [2.05, 4.69) is 33.2 Å². The third-order valence-corrected chi connectivity index (χ3v) is 4.56. The average Bonchev–Trinajstić information content (AvgIpc) is 2.84. The van der Waals surface area contributed by atoms with Crippen molar-refractivity contribution in [3.8, 4) is 17.7 Å². The second-order valence-electron chi connectivity index (χ2n) is 6.16. The molecule has 4 rings (SSSR count). The van der Waals surface area contributed by atoms with E-state index < -0.39 is 0 Å². The van der Waals surface area contributed by atoms with Crippen LogP contribution >= 0.6 is 0 Å². The first-order chi connectivity index (χ1) is 11.3. The van der Waals surface area contributed by atoms with Crippen molar-refractivity contribution in [2.75, 3.05) is 18.8 Å². The van der Waals surface area contributed by atoms with Gasteiger partial charge in [0.2, 0.25) is 11.8 Å². The van der Waals surface area contributed by atoms with E-state index in [0.717, 1.165) is 55.6 Å². The fraction of sp³-hybridized carbons (Fsp3) is 0.444. The number of anilines is 1. The van der Waals surface area contributed by atoms with Crippen LogP contribution in [0.25, 0.3) is 5.57 Å². The molecule has 1 aliphatic heterocycles. The minimum Gasteiger partial charge on any atom is -0.473 e. The van der Waals surface area contributed by atoms with Gasteiger partial charge < -0.3 is 15.8 Å². The molecule has 5 nitrogen and oxygen atoms in total. The maximum Gasteiger partial charge on any atom is 0.223 e. The minimum atomic E-state index is 0.162. The third kappa shape index (κ3) is 2.82. The molecule has 0 radical (unpaired) electrons. The highest BCUT2D eigenvalue weighted by Crippen LogP contribution is 2.37. The number of hydrogen-bond acceptors (Lipinski definition) is 5. The molecule has 2 aliphatic carbocycles. The molecule has 0 spiro atoms. The molecule has 2 heterocycles. The average molecular weight is 308 g/mol. The quantitative estimate of drug-likeness (QED) is 0.814. The third-order valence-electron chi connectivity index (χ3n) is 4.56. The molecule has 118 valence electrons. The first kappa shape index (κ1) is 14.3. The van der Waals surface area contributed by atoms with E-state index in [4.69, 9.17) is 10.5 Å². The van der Waals surface area contributed by atoms with Crippen LogP contribution < -0.4 is 15.8 Å². The lowest BCUT2D eigenvalue weighted by atomic mass is 9.94.